The molecule has 102 heavy (non-hydrogen) atoms. The largest absolute Gasteiger partial charge is 0.287 e. The predicted molar refractivity (Wildman–Crippen MR) is 414 cm³/mol. The first-order valence-electron chi connectivity index (χ1n) is 36.0. The van der Waals surface area contributed by atoms with Crippen molar-refractivity contribution in [1.29, 1.82) is 0 Å². The molecule has 4 fully saturated rings. The van der Waals surface area contributed by atoms with Crippen molar-refractivity contribution in [2.75, 3.05) is 0 Å². The summed E-state index contributed by atoms with van der Waals surface area (Å²) in [4.78, 5) is 128. The first-order chi connectivity index (χ1) is 49.8. The van der Waals surface area contributed by atoms with E-state index in [0.717, 1.165) is 124 Å². The van der Waals surface area contributed by atoms with Gasteiger partial charge < -0.3 is 0 Å². The molecule has 498 valence electrons. The number of allylic oxidation sites excluding steroid dienone is 6. The molecule has 6 aromatic carbocycles. The van der Waals surface area contributed by atoms with Crippen molar-refractivity contribution in [3.63, 3.8) is 0 Å². The Hall–Kier alpha value is -8.74. The van der Waals surface area contributed by atoms with Gasteiger partial charge in [-0.15, -0.1) is 68.0 Å². The Morgan fingerprint density at radius 1 is 0.343 bits per heavy atom. The van der Waals surface area contributed by atoms with Gasteiger partial charge in [0.2, 0.25) is 44.8 Å². The maximum Gasteiger partial charge on any atom is 0.234 e. The van der Waals surface area contributed by atoms with Crippen molar-refractivity contribution in [3.8, 4) is 0 Å². The fraction of sp³-hybridized carbons (Fsp3) is 0.279. The zero-order valence-corrected chi connectivity index (χ0v) is 60.1. The highest BCUT2D eigenvalue weighted by atomic mass is 32.1. The Bertz CT molecular complexity index is 6340. The molecule has 22 rings (SSSR count). The van der Waals surface area contributed by atoms with E-state index in [4.69, 9.17) is 9.98 Å². The molecule has 0 bridgehead atoms. The Balaban J connectivity index is 0.653. The summed E-state index contributed by atoms with van der Waals surface area (Å²) < 4.78 is 4.86. The maximum absolute atomic E-state index is 14.0. The van der Waals surface area contributed by atoms with Crippen LogP contribution in [0.25, 0.3) is 85.9 Å². The molecule has 0 aliphatic heterocycles. The third-order valence-corrected chi connectivity index (χ3v) is 32.8. The molecule has 4 spiro atoms. The SMILES string of the molecule is O=C1C(=O)c2ccccc2/C1=C/c1cc2c(s1)C1=C(c3sc4cc(/C=C5\C(=O)C(=O)c6ccccc65)sc4c3C13CCCCC3)C21CCC(C2CCC3(CC2)C2=C(c4sc5cc(N=c6c(=O)c7ccccc7c6=O)sc5c43)C3(CCCCC3)c3cc(N=c4c(=O)c5ccccc5c4=O)sc32)CC1. The molecule has 4 saturated carbocycles. The predicted octanol–water partition coefficient (Wildman–Crippen LogP) is 18.8. The minimum absolute atomic E-state index is 0.0111. The third-order valence-electron chi connectivity index (χ3n) is 25.9. The van der Waals surface area contributed by atoms with Crippen LogP contribution >= 0.6 is 68.0 Å². The summed E-state index contributed by atoms with van der Waals surface area (Å²) in [5.74, 6) is -0.837. The van der Waals surface area contributed by atoms with Gasteiger partial charge in [0.1, 0.15) is 10.0 Å². The van der Waals surface area contributed by atoms with Gasteiger partial charge in [0, 0.05) is 104 Å². The Morgan fingerprint density at radius 3 is 1.24 bits per heavy atom. The van der Waals surface area contributed by atoms with Crippen LogP contribution in [0.5, 0.6) is 0 Å². The van der Waals surface area contributed by atoms with Crippen molar-refractivity contribution >= 4 is 187 Å². The normalized spacial score (nSPS) is 24.2. The van der Waals surface area contributed by atoms with Crippen molar-refractivity contribution < 1.29 is 19.2 Å². The summed E-state index contributed by atoms with van der Waals surface area (Å²) >= 11 is 10.6. The van der Waals surface area contributed by atoms with Crippen LogP contribution in [0.2, 0.25) is 0 Å². The number of hydrogen-bond acceptors (Lipinski definition) is 16. The number of carbonyl (C=O) groups excluding carboxylic acids is 4. The van der Waals surface area contributed by atoms with Crippen molar-refractivity contribution in [3.05, 3.63) is 247 Å². The van der Waals surface area contributed by atoms with E-state index in [2.05, 4.69) is 24.3 Å². The van der Waals surface area contributed by atoms with Crippen molar-refractivity contribution in [2.24, 2.45) is 21.8 Å². The molecule has 10 aliphatic carbocycles. The van der Waals surface area contributed by atoms with Crippen LogP contribution in [0.1, 0.15) is 199 Å². The monoisotopic (exact) mass is 1440 g/mol. The highest BCUT2D eigenvalue weighted by Crippen LogP contribution is 2.76. The second-order valence-electron chi connectivity index (χ2n) is 30.4. The minimum atomic E-state index is -0.449. The molecule has 0 saturated heterocycles. The van der Waals surface area contributed by atoms with Gasteiger partial charge >= 0.3 is 0 Å². The van der Waals surface area contributed by atoms with E-state index in [1.54, 1.807) is 94.7 Å². The molecule has 0 amide bonds. The van der Waals surface area contributed by atoms with E-state index < -0.39 is 23.1 Å². The lowest BCUT2D eigenvalue weighted by Gasteiger charge is -2.46. The quantitative estimate of drug-likeness (QED) is 0.122. The molecule has 16 heteroatoms. The highest BCUT2D eigenvalue weighted by Gasteiger charge is 2.63. The molecule has 6 aromatic heterocycles. The molecular weight excluding hydrogens is 1380 g/mol. The molecule has 10 nitrogen and oxygen atoms in total. The van der Waals surface area contributed by atoms with E-state index >= 15 is 0 Å². The molecular formula is C86H60N2O8S6. The number of carbonyl (C=O) groups is 4. The smallest absolute Gasteiger partial charge is 0.234 e. The van der Waals surface area contributed by atoms with Gasteiger partial charge in [0.15, 0.2) is 10.7 Å². The van der Waals surface area contributed by atoms with Gasteiger partial charge in [-0.05, 0) is 181 Å². The fourth-order valence-electron chi connectivity index (χ4n) is 21.5. The average molecular weight is 1440 g/mol. The lowest BCUT2D eigenvalue weighted by atomic mass is 9.58. The van der Waals surface area contributed by atoms with Crippen LogP contribution < -0.4 is 32.4 Å². The molecule has 0 N–H and O–H groups in total. The number of rotatable bonds is 5. The molecule has 0 unspecified atom stereocenters. The summed E-state index contributed by atoms with van der Waals surface area (Å²) in [7, 11) is 0. The van der Waals surface area contributed by atoms with Crippen molar-refractivity contribution in [1.82, 2.24) is 0 Å². The van der Waals surface area contributed by atoms with Crippen LogP contribution in [-0.4, -0.2) is 23.1 Å². The first-order valence-corrected chi connectivity index (χ1v) is 40.9. The average Bonchev–Trinajstić information content (AvgIpc) is 1.49. The van der Waals surface area contributed by atoms with Gasteiger partial charge in [0.25, 0.3) is 0 Å². The van der Waals surface area contributed by atoms with Crippen molar-refractivity contribution in [2.45, 2.75) is 137 Å². The van der Waals surface area contributed by atoms with Gasteiger partial charge in [-0.3, -0.25) is 38.4 Å². The van der Waals surface area contributed by atoms with E-state index in [1.807, 2.05) is 82.6 Å². The van der Waals surface area contributed by atoms with Crippen LogP contribution in [0.4, 0.5) is 10.0 Å². The third kappa shape index (κ3) is 7.88. The number of hydrogen-bond donors (Lipinski definition) is 0. The Kier molecular flexibility index (Phi) is 12.8. The molecule has 0 atom stereocenters. The molecule has 0 radical (unpaired) electrons. The summed E-state index contributed by atoms with van der Waals surface area (Å²) in [5, 5.41) is 2.95. The highest BCUT2D eigenvalue weighted by molar-refractivity contribution is 7.31. The van der Waals surface area contributed by atoms with Crippen LogP contribution in [0.15, 0.2) is 150 Å². The van der Waals surface area contributed by atoms with E-state index in [0.29, 0.717) is 76.8 Å². The number of ketones is 4. The fourth-order valence-corrected chi connectivity index (χ4v) is 30.0. The lowest BCUT2D eigenvalue weighted by molar-refractivity contribution is -0.110. The van der Waals surface area contributed by atoms with Crippen LogP contribution in [0, 0.1) is 11.8 Å². The molecule has 6 heterocycles. The number of fused-ring (bicyclic) bond motifs is 24. The Morgan fingerprint density at radius 2 is 0.725 bits per heavy atom. The number of nitrogens with zero attached hydrogens (tertiary/aromatic N) is 2. The molecule has 12 aromatic rings. The van der Waals surface area contributed by atoms with E-state index in [9.17, 15) is 38.4 Å². The topological polar surface area (TPSA) is 161 Å². The van der Waals surface area contributed by atoms with Gasteiger partial charge in [-0.25, -0.2) is 9.98 Å². The molecule has 10 aliphatic rings. The summed E-state index contributed by atoms with van der Waals surface area (Å²) in [6.07, 6.45) is 22.9. The Labute approximate surface area is 607 Å². The van der Waals surface area contributed by atoms with Gasteiger partial charge in [0.05, 0.1) is 9.40 Å². The standard InChI is InChI=1S/C86H60N2O8S6/c89-69-49-19-7-8-20-50(49)70(90)67(69)87-59-39-56-78(101-59)62-63(83(56)27-11-1-12-28-83)81-66(80-58(100-81)40-60(102-80)88-68-71(91)51-21-9-10-22-52(51)72(68)92)86(62)33-25-42(26-34-86)41-23-31-84(32-24-41)55-37-43(35-53-45-15-3-5-17-47(45)73(93)75(53)95)97-77(55)61-64(84)82-65(85(61)29-13-2-14-30-85)79-57(99-82)38-44(98-79)36-54-46-16-4-6-18-48(46)74(94)76(54)96/h3-10,15-22,35-42H,1-2,11-14,23-34H2/b53-35-,54-36-. The lowest BCUT2D eigenvalue weighted by Crippen LogP contribution is -2.37. The zero-order valence-electron chi connectivity index (χ0n) is 55.2. The second-order valence-corrected chi connectivity index (χ2v) is 36.8. The number of thiophene rings is 6. The first kappa shape index (κ1) is 60.8. The summed E-state index contributed by atoms with van der Waals surface area (Å²) in [6, 6.07) is 37.9. The minimum Gasteiger partial charge on any atom is -0.287 e. The summed E-state index contributed by atoms with van der Waals surface area (Å²) in [6.45, 7) is 0. The summed E-state index contributed by atoms with van der Waals surface area (Å²) in [5.41, 5.74) is 12.4. The van der Waals surface area contributed by atoms with Crippen LogP contribution in [-0.2, 0) is 31.2 Å². The van der Waals surface area contributed by atoms with E-state index in [-0.39, 0.29) is 54.1 Å². The van der Waals surface area contributed by atoms with Gasteiger partial charge in [-0.2, -0.15) is 0 Å². The maximum atomic E-state index is 14.0. The zero-order chi connectivity index (χ0) is 68.2. The van der Waals surface area contributed by atoms with E-state index in [1.165, 1.54) is 84.6 Å². The number of benzene rings is 4. The van der Waals surface area contributed by atoms with Gasteiger partial charge in [-0.1, -0.05) is 136 Å². The number of Topliss-reactive ketones (excluding diaryl/α,β-unsaturated/α-hetero) is 4. The second kappa shape index (κ2) is 21.5. The van der Waals surface area contributed by atoms with Crippen LogP contribution in [0.3, 0.4) is 0 Å².